The number of hydrogen-bond acceptors (Lipinski definition) is 5. The number of hydrogen-bond donors (Lipinski definition) is 2. The van der Waals surface area contributed by atoms with Crippen molar-refractivity contribution in [3.63, 3.8) is 0 Å². The number of amidine groups is 1. The lowest BCUT2D eigenvalue weighted by Crippen LogP contribution is -2.23. The Bertz CT molecular complexity index is 820. The van der Waals surface area contributed by atoms with E-state index in [-0.39, 0.29) is 4.90 Å². The minimum Gasteiger partial charge on any atom is -0.388 e. The van der Waals surface area contributed by atoms with Crippen molar-refractivity contribution in [2.45, 2.75) is 11.0 Å². The molecule has 0 bridgehead atoms. The molecule has 1 aliphatic heterocycles. The Morgan fingerprint density at radius 2 is 1.78 bits per heavy atom. The van der Waals surface area contributed by atoms with Gasteiger partial charge in [-0.25, -0.2) is 0 Å². The van der Waals surface area contributed by atoms with Crippen LogP contribution in [0.2, 0.25) is 0 Å². The second-order valence-electron chi connectivity index (χ2n) is 5.08. The van der Waals surface area contributed by atoms with Crippen LogP contribution in [0.5, 0.6) is 0 Å². The number of nitrogens with zero attached hydrogens (tertiary/aromatic N) is 1. The highest BCUT2D eigenvalue weighted by atomic mass is 32.2. The standard InChI is InChI=1S/C16H16N2O3S2/c19-14(12-6-2-1-3-7-12)10-22-11-16-17-13-8-4-5-9-15(13)23(20,21)18-16/h1-9,14,19H,10-11H2,(H,17,18). The first-order chi connectivity index (χ1) is 11.1. The highest BCUT2D eigenvalue weighted by Gasteiger charge is 2.24. The largest absolute Gasteiger partial charge is 0.388 e. The predicted molar refractivity (Wildman–Crippen MR) is 93.4 cm³/mol. The van der Waals surface area contributed by atoms with Crippen molar-refractivity contribution < 1.29 is 13.5 Å². The van der Waals surface area contributed by atoms with Crippen molar-refractivity contribution in [1.29, 1.82) is 0 Å². The zero-order valence-electron chi connectivity index (χ0n) is 12.2. The molecular formula is C16H16N2O3S2. The molecule has 0 radical (unpaired) electrons. The molecule has 2 aromatic rings. The van der Waals surface area contributed by atoms with Gasteiger partial charge in [-0.3, -0.25) is 0 Å². The zero-order chi connectivity index (χ0) is 16.3. The Morgan fingerprint density at radius 1 is 1.09 bits per heavy atom. The lowest BCUT2D eigenvalue weighted by atomic mass is 10.1. The summed E-state index contributed by atoms with van der Waals surface area (Å²) in [5.74, 6) is 1.23. The van der Waals surface area contributed by atoms with Crippen LogP contribution in [0.25, 0.3) is 0 Å². The predicted octanol–water partition coefficient (Wildman–Crippen LogP) is 2.67. The van der Waals surface area contributed by atoms with E-state index in [1.807, 2.05) is 30.3 Å². The average molecular weight is 348 g/mol. The number of para-hydroxylation sites is 1. The van der Waals surface area contributed by atoms with E-state index in [4.69, 9.17) is 0 Å². The van der Waals surface area contributed by atoms with Crippen LogP contribution in [0.4, 0.5) is 5.69 Å². The van der Waals surface area contributed by atoms with E-state index in [1.165, 1.54) is 17.8 Å². The van der Waals surface area contributed by atoms with E-state index < -0.39 is 16.1 Å². The summed E-state index contributed by atoms with van der Waals surface area (Å²) in [5.41, 5.74) is 1.39. The number of aliphatic hydroxyl groups excluding tert-OH is 1. The third kappa shape index (κ3) is 3.74. The second kappa shape index (κ2) is 6.74. The zero-order valence-corrected chi connectivity index (χ0v) is 13.8. The molecule has 1 heterocycles. The maximum atomic E-state index is 12.1. The summed E-state index contributed by atoms with van der Waals surface area (Å²) in [7, 11) is -3.64. The number of thioether (sulfide) groups is 1. The van der Waals surface area contributed by atoms with Crippen LogP contribution in [0.3, 0.4) is 0 Å². The van der Waals surface area contributed by atoms with Crippen LogP contribution < -0.4 is 5.32 Å². The number of rotatable bonds is 5. The molecule has 2 N–H and O–H groups in total. The first-order valence-electron chi connectivity index (χ1n) is 7.07. The van der Waals surface area contributed by atoms with Gasteiger partial charge in [0.05, 0.1) is 17.5 Å². The second-order valence-corrected chi connectivity index (χ2v) is 7.68. The monoisotopic (exact) mass is 348 g/mol. The first-order valence-corrected chi connectivity index (χ1v) is 9.66. The normalized spacial score (nSPS) is 16.8. The van der Waals surface area contributed by atoms with Gasteiger partial charge < -0.3 is 10.4 Å². The number of aliphatic hydroxyl groups is 1. The highest BCUT2D eigenvalue weighted by Crippen LogP contribution is 2.27. The van der Waals surface area contributed by atoms with E-state index in [0.29, 0.717) is 23.0 Å². The molecule has 2 aromatic carbocycles. The van der Waals surface area contributed by atoms with Crippen molar-refractivity contribution in [1.82, 2.24) is 0 Å². The molecule has 0 aliphatic carbocycles. The van der Waals surface area contributed by atoms with Gasteiger partial charge in [0.1, 0.15) is 10.7 Å². The molecule has 0 amide bonds. The fraction of sp³-hybridized carbons (Fsp3) is 0.188. The van der Waals surface area contributed by atoms with Crippen LogP contribution >= 0.6 is 11.8 Å². The highest BCUT2D eigenvalue weighted by molar-refractivity contribution is 8.00. The van der Waals surface area contributed by atoms with Gasteiger partial charge in [-0.2, -0.15) is 20.2 Å². The molecule has 0 aromatic heterocycles. The van der Waals surface area contributed by atoms with E-state index in [2.05, 4.69) is 9.71 Å². The Hall–Kier alpha value is -1.83. The third-order valence-corrected chi connectivity index (χ3v) is 5.77. The smallest absolute Gasteiger partial charge is 0.286 e. The van der Waals surface area contributed by atoms with Gasteiger partial charge in [0, 0.05) is 5.75 Å². The van der Waals surface area contributed by atoms with Crippen LogP contribution in [0, 0.1) is 0 Å². The molecule has 23 heavy (non-hydrogen) atoms. The number of anilines is 1. The minimum atomic E-state index is -3.64. The molecule has 0 saturated heterocycles. The average Bonchev–Trinajstić information content (AvgIpc) is 2.55. The van der Waals surface area contributed by atoms with Gasteiger partial charge in [-0.15, -0.1) is 4.40 Å². The maximum absolute atomic E-state index is 12.1. The van der Waals surface area contributed by atoms with Crippen LogP contribution in [0.1, 0.15) is 11.7 Å². The van der Waals surface area contributed by atoms with Gasteiger partial charge in [-0.05, 0) is 17.7 Å². The third-order valence-electron chi connectivity index (χ3n) is 3.37. The lowest BCUT2D eigenvalue weighted by molar-refractivity contribution is 0.204. The summed E-state index contributed by atoms with van der Waals surface area (Å²) in [6.07, 6.45) is -0.589. The van der Waals surface area contributed by atoms with Crippen LogP contribution in [-0.4, -0.2) is 30.9 Å². The number of fused-ring (bicyclic) bond motifs is 1. The fourth-order valence-corrected chi connectivity index (χ4v) is 4.36. The molecule has 7 heteroatoms. The quantitative estimate of drug-likeness (QED) is 0.868. The van der Waals surface area contributed by atoms with Crippen molar-refractivity contribution >= 4 is 33.3 Å². The summed E-state index contributed by atoms with van der Waals surface area (Å²) in [6, 6.07) is 16.1. The fourth-order valence-electron chi connectivity index (χ4n) is 2.27. The number of sulfonamides is 1. The van der Waals surface area contributed by atoms with Gasteiger partial charge in [0.2, 0.25) is 0 Å². The summed E-state index contributed by atoms with van der Waals surface area (Å²) < 4.78 is 28.0. The molecule has 5 nitrogen and oxygen atoms in total. The summed E-state index contributed by atoms with van der Waals surface area (Å²) in [4.78, 5) is 0.193. The molecular weight excluding hydrogens is 332 g/mol. The molecule has 0 spiro atoms. The van der Waals surface area contributed by atoms with E-state index >= 15 is 0 Å². The van der Waals surface area contributed by atoms with E-state index in [0.717, 1.165) is 5.56 Å². The molecule has 0 saturated carbocycles. The van der Waals surface area contributed by atoms with Crippen molar-refractivity contribution in [3.05, 3.63) is 60.2 Å². The van der Waals surface area contributed by atoms with E-state index in [9.17, 15) is 13.5 Å². The van der Waals surface area contributed by atoms with Gasteiger partial charge in [-0.1, -0.05) is 42.5 Å². The molecule has 3 rings (SSSR count). The Kier molecular flexibility index (Phi) is 4.70. The topological polar surface area (TPSA) is 78.8 Å². The molecule has 1 atom stereocenters. The van der Waals surface area contributed by atoms with Crippen LogP contribution in [-0.2, 0) is 10.0 Å². The van der Waals surface area contributed by atoms with Crippen molar-refractivity contribution in [3.8, 4) is 0 Å². The Balaban J connectivity index is 1.63. The SMILES string of the molecule is O=S1(=O)N=C(CSCC(O)c2ccccc2)Nc2ccccc21. The van der Waals surface area contributed by atoms with Crippen molar-refractivity contribution in [2.75, 3.05) is 16.8 Å². The minimum absolute atomic E-state index is 0.193. The molecule has 1 unspecified atom stereocenters. The maximum Gasteiger partial charge on any atom is 0.286 e. The van der Waals surface area contributed by atoms with Crippen LogP contribution in [0.15, 0.2) is 63.9 Å². The van der Waals surface area contributed by atoms with Crippen molar-refractivity contribution in [2.24, 2.45) is 4.40 Å². The molecule has 1 aliphatic rings. The summed E-state index contributed by atoms with van der Waals surface area (Å²) in [5, 5.41) is 13.1. The first kappa shape index (κ1) is 16.0. The van der Waals surface area contributed by atoms with Gasteiger partial charge >= 0.3 is 0 Å². The van der Waals surface area contributed by atoms with Gasteiger partial charge in [0.15, 0.2) is 0 Å². The van der Waals surface area contributed by atoms with E-state index in [1.54, 1.807) is 18.2 Å². The molecule has 120 valence electrons. The molecule has 0 fully saturated rings. The number of nitrogens with one attached hydrogen (secondary N) is 1. The lowest BCUT2D eigenvalue weighted by Gasteiger charge is -2.18. The van der Waals surface area contributed by atoms with Gasteiger partial charge in [0.25, 0.3) is 10.0 Å². The number of benzene rings is 2. The summed E-state index contributed by atoms with van der Waals surface area (Å²) >= 11 is 1.43. The summed E-state index contributed by atoms with van der Waals surface area (Å²) in [6.45, 7) is 0. The Labute approximate surface area is 139 Å². The Morgan fingerprint density at radius 3 is 2.57 bits per heavy atom.